The lowest BCUT2D eigenvalue weighted by Crippen LogP contribution is -2.46. The highest BCUT2D eigenvalue weighted by Crippen LogP contribution is 2.06. The first kappa shape index (κ1) is 14.9. The van der Waals surface area contributed by atoms with Gasteiger partial charge in [-0.05, 0) is 24.5 Å². The molecule has 0 saturated carbocycles. The van der Waals surface area contributed by atoms with Crippen molar-refractivity contribution in [1.29, 1.82) is 0 Å². The first-order valence-corrected chi connectivity index (χ1v) is 6.05. The van der Waals surface area contributed by atoms with E-state index in [2.05, 4.69) is 10.6 Å². The predicted octanol–water partition coefficient (Wildman–Crippen LogP) is 1.53. The Balaban J connectivity index is 2.35. The number of halogens is 1. The number of benzene rings is 1. The van der Waals surface area contributed by atoms with Crippen LogP contribution in [-0.4, -0.2) is 29.7 Å². The van der Waals surface area contributed by atoms with Crippen LogP contribution < -0.4 is 10.6 Å². The van der Waals surface area contributed by atoms with Gasteiger partial charge in [-0.2, -0.15) is 0 Å². The maximum absolute atomic E-state index is 13.3. The summed E-state index contributed by atoms with van der Waals surface area (Å²) in [6.45, 7) is 1.90. The highest BCUT2D eigenvalue weighted by molar-refractivity contribution is 5.82. The Hall–Kier alpha value is -2.11. The Kier molecular flexibility index (Phi) is 5.78. The van der Waals surface area contributed by atoms with E-state index in [9.17, 15) is 14.0 Å². The number of nitrogens with one attached hydrogen (secondary N) is 2. The van der Waals surface area contributed by atoms with Crippen LogP contribution in [0.2, 0.25) is 0 Å². The summed E-state index contributed by atoms with van der Waals surface area (Å²) in [6.07, 6.45) is 0.653. The Bertz CT molecular complexity index is 451. The minimum absolute atomic E-state index is 0.239. The monoisotopic (exact) mass is 268 g/mol. The van der Waals surface area contributed by atoms with E-state index in [1.165, 1.54) is 6.07 Å². The molecule has 0 aliphatic heterocycles. The van der Waals surface area contributed by atoms with Gasteiger partial charge in [0.25, 0.3) is 0 Å². The zero-order chi connectivity index (χ0) is 14.3. The molecule has 1 unspecified atom stereocenters. The Morgan fingerprint density at radius 2 is 2.05 bits per heavy atom. The average molecular weight is 268 g/mol. The van der Waals surface area contributed by atoms with Crippen molar-refractivity contribution < 1.29 is 19.1 Å². The van der Waals surface area contributed by atoms with E-state index in [1.54, 1.807) is 25.1 Å². The Labute approximate surface area is 110 Å². The molecular formula is C13H17FN2O3. The summed E-state index contributed by atoms with van der Waals surface area (Å²) in [6, 6.07) is 4.83. The molecule has 0 radical (unpaired) electrons. The summed E-state index contributed by atoms with van der Waals surface area (Å²) in [5, 5.41) is 13.6. The summed E-state index contributed by atoms with van der Waals surface area (Å²) in [4.78, 5) is 22.1. The van der Waals surface area contributed by atoms with Crippen molar-refractivity contribution in [3.63, 3.8) is 0 Å². The summed E-state index contributed by atoms with van der Waals surface area (Å²) in [5.74, 6) is -1.39. The van der Waals surface area contributed by atoms with Gasteiger partial charge in [0.1, 0.15) is 11.9 Å². The van der Waals surface area contributed by atoms with Gasteiger partial charge in [0.05, 0.1) is 0 Å². The van der Waals surface area contributed by atoms with Gasteiger partial charge in [-0.1, -0.05) is 25.1 Å². The summed E-state index contributed by atoms with van der Waals surface area (Å²) in [7, 11) is 0. The number of rotatable bonds is 6. The smallest absolute Gasteiger partial charge is 0.326 e. The van der Waals surface area contributed by atoms with Crippen LogP contribution in [0.5, 0.6) is 0 Å². The third-order valence-electron chi connectivity index (χ3n) is 2.65. The minimum Gasteiger partial charge on any atom is -0.480 e. The molecular weight excluding hydrogens is 251 g/mol. The lowest BCUT2D eigenvalue weighted by Gasteiger charge is -2.13. The number of carbonyl (C=O) groups excluding carboxylic acids is 1. The van der Waals surface area contributed by atoms with Crippen molar-refractivity contribution in [2.24, 2.45) is 0 Å². The zero-order valence-electron chi connectivity index (χ0n) is 10.6. The molecule has 0 heterocycles. The molecule has 6 heteroatoms. The minimum atomic E-state index is -1.08. The molecule has 0 aromatic heterocycles. The number of amides is 2. The normalized spacial score (nSPS) is 11.7. The number of hydrogen-bond acceptors (Lipinski definition) is 2. The Morgan fingerprint density at radius 3 is 2.63 bits per heavy atom. The van der Waals surface area contributed by atoms with E-state index < -0.39 is 18.0 Å². The first-order valence-electron chi connectivity index (χ1n) is 6.05. The molecule has 104 valence electrons. The van der Waals surface area contributed by atoms with Gasteiger partial charge >= 0.3 is 12.0 Å². The van der Waals surface area contributed by atoms with E-state index in [1.807, 2.05) is 0 Å². The summed E-state index contributed by atoms with van der Waals surface area (Å²) < 4.78 is 13.3. The SMILES string of the molecule is CCC(NC(=O)NCCc1ccccc1F)C(=O)O. The number of carboxylic acids is 1. The van der Waals surface area contributed by atoms with Gasteiger partial charge in [0.15, 0.2) is 0 Å². The van der Waals surface area contributed by atoms with Crippen LogP contribution >= 0.6 is 0 Å². The molecule has 1 atom stereocenters. The largest absolute Gasteiger partial charge is 0.480 e. The third kappa shape index (κ3) is 4.95. The van der Waals surface area contributed by atoms with E-state index >= 15 is 0 Å². The molecule has 2 amide bonds. The van der Waals surface area contributed by atoms with Crippen LogP contribution in [0.25, 0.3) is 0 Å². The maximum atomic E-state index is 13.3. The van der Waals surface area contributed by atoms with E-state index in [0.29, 0.717) is 18.4 Å². The van der Waals surface area contributed by atoms with Crippen LogP contribution in [0, 0.1) is 5.82 Å². The molecule has 19 heavy (non-hydrogen) atoms. The molecule has 0 aliphatic carbocycles. The molecule has 1 rings (SSSR count). The van der Waals surface area contributed by atoms with Crippen LogP contribution in [-0.2, 0) is 11.2 Å². The molecule has 0 spiro atoms. The van der Waals surface area contributed by atoms with Crippen molar-refractivity contribution in [3.05, 3.63) is 35.6 Å². The highest BCUT2D eigenvalue weighted by atomic mass is 19.1. The number of aliphatic carboxylic acids is 1. The van der Waals surface area contributed by atoms with Crippen LogP contribution in [0.15, 0.2) is 24.3 Å². The fourth-order valence-corrected chi connectivity index (χ4v) is 1.56. The van der Waals surface area contributed by atoms with Crippen molar-refractivity contribution in [2.45, 2.75) is 25.8 Å². The number of carbonyl (C=O) groups is 2. The summed E-state index contributed by atoms with van der Waals surface area (Å²) in [5.41, 5.74) is 0.507. The molecule has 0 aliphatic rings. The third-order valence-corrected chi connectivity index (χ3v) is 2.65. The predicted molar refractivity (Wildman–Crippen MR) is 68.4 cm³/mol. The quantitative estimate of drug-likeness (QED) is 0.732. The molecule has 0 saturated heterocycles. The fourth-order valence-electron chi connectivity index (χ4n) is 1.56. The lowest BCUT2D eigenvalue weighted by atomic mass is 10.1. The molecule has 0 fully saturated rings. The molecule has 3 N–H and O–H groups in total. The van der Waals surface area contributed by atoms with Crippen molar-refractivity contribution in [2.75, 3.05) is 6.54 Å². The van der Waals surface area contributed by atoms with Gasteiger partial charge < -0.3 is 15.7 Å². The standard InChI is InChI=1S/C13H17FN2O3/c1-2-11(12(17)18)16-13(19)15-8-7-9-5-3-4-6-10(9)14/h3-6,11H,2,7-8H2,1H3,(H,17,18)(H2,15,16,19). The van der Waals surface area contributed by atoms with Crippen molar-refractivity contribution in [1.82, 2.24) is 10.6 Å². The van der Waals surface area contributed by atoms with Gasteiger partial charge in [0, 0.05) is 6.54 Å². The van der Waals surface area contributed by atoms with E-state index in [0.717, 1.165) is 0 Å². The number of carboxylic acid groups (broad SMARTS) is 1. The second-order valence-corrected chi connectivity index (χ2v) is 4.04. The van der Waals surface area contributed by atoms with Crippen molar-refractivity contribution in [3.8, 4) is 0 Å². The van der Waals surface area contributed by atoms with E-state index in [4.69, 9.17) is 5.11 Å². The number of hydrogen-bond donors (Lipinski definition) is 3. The zero-order valence-corrected chi connectivity index (χ0v) is 10.6. The highest BCUT2D eigenvalue weighted by Gasteiger charge is 2.16. The van der Waals surface area contributed by atoms with Crippen LogP contribution in [0.4, 0.5) is 9.18 Å². The van der Waals surface area contributed by atoms with Crippen LogP contribution in [0.3, 0.4) is 0 Å². The Morgan fingerprint density at radius 1 is 1.37 bits per heavy atom. The second-order valence-electron chi connectivity index (χ2n) is 4.04. The topological polar surface area (TPSA) is 78.4 Å². The molecule has 1 aromatic rings. The molecule has 0 bridgehead atoms. The molecule has 5 nitrogen and oxygen atoms in total. The second kappa shape index (κ2) is 7.35. The maximum Gasteiger partial charge on any atom is 0.326 e. The van der Waals surface area contributed by atoms with Gasteiger partial charge in [-0.25, -0.2) is 14.0 Å². The molecule has 1 aromatic carbocycles. The van der Waals surface area contributed by atoms with Gasteiger partial charge in [-0.15, -0.1) is 0 Å². The number of urea groups is 1. The van der Waals surface area contributed by atoms with Crippen molar-refractivity contribution >= 4 is 12.0 Å². The van der Waals surface area contributed by atoms with Gasteiger partial charge in [0.2, 0.25) is 0 Å². The fraction of sp³-hybridized carbons (Fsp3) is 0.385. The summed E-state index contributed by atoms with van der Waals surface area (Å²) >= 11 is 0. The average Bonchev–Trinajstić information content (AvgIpc) is 2.38. The van der Waals surface area contributed by atoms with E-state index in [-0.39, 0.29) is 12.4 Å². The first-order chi connectivity index (χ1) is 9.04. The van der Waals surface area contributed by atoms with Gasteiger partial charge in [-0.3, -0.25) is 0 Å². The lowest BCUT2D eigenvalue weighted by molar-refractivity contribution is -0.139. The van der Waals surface area contributed by atoms with Crippen LogP contribution in [0.1, 0.15) is 18.9 Å².